The zero-order valence-corrected chi connectivity index (χ0v) is 23.2. The number of nitrogens with one attached hydrogen (secondary N) is 1. The number of H-pyrrole nitrogens is 1. The molecule has 1 aliphatic rings. The Labute approximate surface area is 228 Å². The van der Waals surface area contributed by atoms with Crippen molar-refractivity contribution in [2.75, 3.05) is 31.1 Å². The van der Waals surface area contributed by atoms with Crippen LogP contribution in [0.1, 0.15) is 56.6 Å². The lowest BCUT2D eigenvalue weighted by Gasteiger charge is -2.39. The fourth-order valence-corrected chi connectivity index (χ4v) is 4.62. The smallest absolute Gasteiger partial charge is 0.303 e. The highest BCUT2D eigenvalue weighted by molar-refractivity contribution is 5.75. The van der Waals surface area contributed by atoms with E-state index < -0.39 is 11.9 Å². The first-order valence-electron chi connectivity index (χ1n) is 13.1. The van der Waals surface area contributed by atoms with Crippen molar-refractivity contribution in [3.05, 3.63) is 53.6 Å². The molecular formula is C28H38N6O5. The minimum atomic E-state index is -1.08. The van der Waals surface area contributed by atoms with Crippen LogP contribution in [-0.4, -0.2) is 79.5 Å². The average Bonchev–Trinajstić information content (AvgIpc) is 3.25. The lowest BCUT2D eigenvalue weighted by atomic mass is 10.0. The number of nitrogens with zero attached hydrogens (tertiary/aromatic N) is 5. The summed E-state index contributed by atoms with van der Waals surface area (Å²) in [4.78, 5) is 33.5. The third-order valence-electron chi connectivity index (χ3n) is 6.50. The van der Waals surface area contributed by atoms with Gasteiger partial charge in [0.15, 0.2) is 5.82 Å². The second kappa shape index (κ2) is 13.7. The molecule has 1 aromatic carbocycles. The SMILES string of the molecule is Cc1n[nH]c(C)c1C(C)N1CCN(c2nccnc2-c2ccc(OC(C)C)cc2)CC1.O=C(O)CCC(=O)O. The van der Waals surface area contributed by atoms with Gasteiger partial charge < -0.3 is 19.8 Å². The van der Waals surface area contributed by atoms with Crippen molar-refractivity contribution in [2.24, 2.45) is 0 Å². The fourth-order valence-electron chi connectivity index (χ4n) is 4.62. The Bertz CT molecular complexity index is 1200. The van der Waals surface area contributed by atoms with Gasteiger partial charge in [0.05, 0.1) is 24.6 Å². The maximum absolute atomic E-state index is 9.64. The van der Waals surface area contributed by atoms with Crippen LogP contribution < -0.4 is 9.64 Å². The van der Waals surface area contributed by atoms with E-state index in [-0.39, 0.29) is 18.9 Å². The van der Waals surface area contributed by atoms with Crippen molar-refractivity contribution in [1.82, 2.24) is 25.1 Å². The van der Waals surface area contributed by atoms with Gasteiger partial charge in [-0.1, -0.05) is 0 Å². The van der Waals surface area contributed by atoms with Crippen LogP contribution >= 0.6 is 0 Å². The summed E-state index contributed by atoms with van der Waals surface area (Å²) in [6.45, 7) is 14.3. The van der Waals surface area contributed by atoms with E-state index in [0.717, 1.165) is 60.4 Å². The molecule has 0 spiro atoms. The molecule has 2 aromatic heterocycles. The largest absolute Gasteiger partial charge is 0.491 e. The zero-order valence-electron chi connectivity index (χ0n) is 23.2. The van der Waals surface area contributed by atoms with E-state index in [1.807, 2.05) is 26.0 Å². The van der Waals surface area contributed by atoms with Crippen LogP contribution in [0.5, 0.6) is 5.75 Å². The Morgan fingerprint density at radius 3 is 2.05 bits per heavy atom. The van der Waals surface area contributed by atoms with E-state index in [4.69, 9.17) is 19.9 Å². The molecule has 3 N–H and O–H groups in total. The summed E-state index contributed by atoms with van der Waals surface area (Å²) in [5, 5.41) is 23.3. The molecule has 1 aliphatic heterocycles. The van der Waals surface area contributed by atoms with Crippen LogP contribution in [0.25, 0.3) is 11.3 Å². The number of carboxylic acid groups (broad SMARTS) is 2. The van der Waals surface area contributed by atoms with E-state index in [1.165, 1.54) is 5.56 Å². The van der Waals surface area contributed by atoms with E-state index in [9.17, 15) is 9.59 Å². The van der Waals surface area contributed by atoms with E-state index in [0.29, 0.717) is 6.04 Å². The molecule has 0 amide bonds. The minimum absolute atomic E-state index is 0.159. The standard InChI is InChI=1S/C24H32N6O.C4H6O4/c1-16(2)31-21-8-6-20(7-9-21)23-24(26-11-10-25-23)30-14-12-29(13-15-30)19(5)22-17(3)27-28-18(22)4;5-3(6)1-2-4(7)8/h6-11,16,19H,12-15H2,1-5H3,(H,27,28);1-2H2,(H,5,6)(H,7,8). The third-order valence-corrected chi connectivity index (χ3v) is 6.50. The van der Waals surface area contributed by atoms with Crippen molar-refractivity contribution in [2.45, 2.75) is 59.6 Å². The van der Waals surface area contributed by atoms with Crippen LogP contribution in [0.15, 0.2) is 36.7 Å². The number of aromatic nitrogens is 4. The van der Waals surface area contributed by atoms with Crippen LogP contribution in [0, 0.1) is 13.8 Å². The molecule has 4 rings (SSSR count). The van der Waals surface area contributed by atoms with Gasteiger partial charge in [0.25, 0.3) is 0 Å². The maximum Gasteiger partial charge on any atom is 0.303 e. The lowest BCUT2D eigenvalue weighted by molar-refractivity contribution is -0.143. The summed E-state index contributed by atoms with van der Waals surface area (Å²) < 4.78 is 5.77. The number of aliphatic carboxylic acids is 2. The molecule has 1 unspecified atom stereocenters. The van der Waals surface area contributed by atoms with Gasteiger partial charge in [-0.2, -0.15) is 5.10 Å². The summed E-state index contributed by atoms with van der Waals surface area (Å²) >= 11 is 0. The second-order valence-electron chi connectivity index (χ2n) is 9.75. The van der Waals surface area contributed by atoms with Gasteiger partial charge in [-0.25, -0.2) is 4.98 Å². The topological polar surface area (TPSA) is 145 Å². The molecule has 0 saturated carbocycles. The Balaban J connectivity index is 0.000000459. The Hall–Kier alpha value is -3.99. The van der Waals surface area contributed by atoms with Gasteiger partial charge in [0.1, 0.15) is 11.4 Å². The Kier molecular flexibility index (Phi) is 10.4. The number of aryl methyl sites for hydroxylation is 2. The molecular weight excluding hydrogens is 500 g/mol. The molecule has 11 nitrogen and oxygen atoms in total. The van der Waals surface area contributed by atoms with E-state index in [1.54, 1.807) is 12.4 Å². The van der Waals surface area contributed by atoms with Crippen LogP contribution in [0.3, 0.4) is 0 Å². The van der Waals surface area contributed by atoms with Crippen molar-refractivity contribution < 1.29 is 24.5 Å². The van der Waals surface area contributed by atoms with Crippen molar-refractivity contribution in [1.29, 1.82) is 0 Å². The molecule has 11 heteroatoms. The fraction of sp³-hybridized carbons (Fsp3) is 0.464. The van der Waals surface area contributed by atoms with Gasteiger partial charge in [-0.05, 0) is 58.9 Å². The number of benzene rings is 1. The van der Waals surface area contributed by atoms with Gasteiger partial charge in [-0.15, -0.1) is 0 Å². The van der Waals surface area contributed by atoms with Gasteiger partial charge in [-0.3, -0.25) is 24.6 Å². The average molecular weight is 539 g/mol. The molecule has 0 aliphatic carbocycles. The summed E-state index contributed by atoms with van der Waals surface area (Å²) in [6.07, 6.45) is 3.11. The quantitative estimate of drug-likeness (QED) is 0.364. The molecule has 1 fully saturated rings. The van der Waals surface area contributed by atoms with Crippen molar-refractivity contribution >= 4 is 17.8 Å². The Morgan fingerprint density at radius 1 is 0.949 bits per heavy atom. The second-order valence-corrected chi connectivity index (χ2v) is 9.75. The highest BCUT2D eigenvalue weighted by Gasteiger charge is 2.27. The number of anilines is 1. The number of piperazine rings is 1. The van der Waals surface area contributed by atoms with Gasteiger partial charge >= 0.3 is 11.9 Å². The van der Waals surface area contributed by atoms with E-state index >= 15 is 0 Å². The summed E-state index contributed by atoms with van der Waals surface area (Å²) in [5.74, 6) is -0.334. The Morgan fingerprint density at radius 2 is 1.54 bits per heavy atom. The van der Waals surface area contributed by atoms with E-state index in [2.05, 4.69) is 57.9 Å². The zero-order chi connectivity index (χ0) is 28.5. The summed E-state index contributed by atoms with van der Waals surface area (Å²) in [5.41, 5.74) is 5.54. The minimum Gasteiger partial charge on any atom is -0.491 e. The molecule has 0 radical (unpaired) electrons. The van der Waals surface area contributed by atoms with Crippen LogP contribution in [0.2, 0.25) is 0 Å². The number of hydrogen-bond acceptors (Lipinski definition) is 8. The number of carbonyl (C=O) groups is 2. The van der Waals surface area contributed by atoms with Crippen molar-refractivity contribution in [3.63, 3.8) is 0 Å². The normalized spacial score (nSPS) is 14.5. The number of carboxylic acids is 2. The first-order valence-corrected chi connectivity index (χ1v) is 13.1. The van der Waals surface area contributed by atoms with Crippen molar-refractivity contribution in [3.8, 4) is 17.0 Å². The molecule has 1 atom stereocenters. The van der Waals surface area contributed by atoms with Gasteiger partial charge in [0, 0.05) is 61.4 Å². The third kappa shape index (κ3) is 8.25. The maximum atomic E-state index is 9.64. The predicted molar refractivity (Wildman–Crippen MR) is 148 cm³/mol. The number of rotatable bonds is 9. The van der Waals surface area contributed by atoms with Gasteiger partial charge in [0.2, 0.25) is 0 Å². The number of hydrogen-bond donors (Lipinski definition) is 3. The summed E-state index contributed by atoms with van der Waals surface area (Å²) in [7, 11) is 0. The summed E-state index contributed by atoms with van der Waals surface area (Å²) in [6, 6.07) is 8.48. The number of aromatic amines is 1. The van der Waals surface area contributed by atoms with Crippen LogP contribution in [0.4, 0.5) is 5.82 Å². The molecule has 210 valence electrons. The first kappa shape index (κ1) is 29.6. The molecule has 3 heterocycles. The highest BCUT2D eigenvalue weighted by Crippen LogP contribution is 2.31. The van der Waals surface area contributed by atoms with Crippen LogP contribution in [-0.2, 0) is 9.59 Å². The molecule has 3 aromatic rings. The number of ether oxygens (including phenoxy) is 1. The lowest BCUT2D eigenvalue weighted by Crippen LogP contribution is -2.47. The monoisotopic (exact) mass is 538 g/mol. The molecule has 1 saturated heterocycles. The first-order chi connectivity index (χ1) is 18.6. The molecule has 0 bridgehead atoms. The predicted octanol–water partition coefficient (Wildman–Crippen LogP) is 4.09. The molecule has 39 heavy (non-hydrogen) atoms. The highest BCUT2D eigenvalue weighted by atomic mass is 16.5.